The molecule has 3 heterocycles. The first-order valence-corrected chi connectivity index (χ1v) is 18.9. The van der Waals surface area contributed by atoms with Gasteiger partial charge in [-0.05, 0) is 101 Å². The first-order chi connectivity index (χ1) is 31.8. The van der Waals surface area contributed by atoms with Crippen LogP contribution in [0.4, 0.5) is 0 Å². The van der Waals surface area contributed by atoms with Gasteiger partial charge in [0.2, 0.25) is 0 Å². The third kappa shape index (κ3) is 9.36. The van der Waals surface area contributed by atoms with Crippen LogP contribution >= 0.6 is 0 Å². The summed E-state index contributed by atoms with van der Waals surface area (Å²) in [7, 11) is 0. The second-order valence-electron chi connectivity index (χ2n) is 14.7. The number of furan rings is 1. The zero-order valence-electron chi connectivity index (χ0n) is 44.7. The fourth-order valence-electron chi connectivity index (χ4n) is 6.91. The van der Waals surface area contributed by atoms with Crippen molar-refractivity contribution in [2.75, 3.05) is 0 Å². The normalized spacial score (nSPS) is 15.6. The van der Waals surface area contributed by atoms with Gasteiger partial charge in [-0.2, -0.15) is 0 Å². The van der Waals surface area contributed by atoms with Crippen LogP contribution in [0.2, 0.25) is 0 Å². The van der Waals surface area contributed by atoms with Crippen LogP contribution in [0.1, 0.15) is 97.6 Å². The van der Waals surface area contributed by atoms with E-state index in [4.69, 9.17) is 20.9 Å². The summed E-state index contributed by atoms with van der Waals surface area (Å²) < 4.78 is 105. The van der Waals surface area contributed by atoms with Crippen molar-refractivity contribution < 1.29 is 41.0 Å². The van der Waals surface area contributed by atoms with E-state index in [9.17, 15) is 0 Å². The molecule has 0 fully saturated rings. The summed E-state index contributed by atoms with van der Waals surface area (Å²) >= 11 is 0. The summed E-state index contributed by atoms with van der Waals surface area (Å²) in [4.78, 5) is 8.92. The average Bonchev–Trinajstić information content (AvgIpc) is 3.69. The molecule has 0 unspecified atom stereocenters. The molecular weight excluding hydrogens is 873 g/mol. The standard InChI is InChI=1S/C30H28NO.C23H24N.Ir/c1-5-21(6-2)22-14-15-23(19(3)16-22)27-17-28(31-18-20(27)4)26-12-9-11-25-24-10-7-8-13-29(24)32-30(25)26;1-17-10-12-20(14-21(17)19-8-6-5-7-9-19)22-13-11-18(16-24-22)15-23(2,3)4;/h7-11,13-18,21H,5-6H2,1-4H3;5-11,13-14,16H,15H2,1-4H3;/q2*-1;/i3D3,4D3,21D;1D3,15D2;. The minimum Gasteiger partial charge on any atom is -0.501 e. The van der Waals surface area contributed by atoms with Gasteiger partial charge in [0.05, 0.1) is 5.58 Å². The molecule has 1 radical (unpaired) electrons. The van der Waals surface area contributed by atoms with Crippen LogP contribution in [0, 0.1) is 38.1 Å². The molecule has 0 aliphatic carbocycles. The van der Waals surface area contributed by atoms with Crippen LogP contribution in [0.25, 0.3) is 66.7 Å². The largest absolute Gasteiger partial charge is 0.501 e. The smallest absolute Gasteiger partial charge is 0.120 e. The molecule has 5 aromatic carbocycles. The Balaban J connectivity index is 0.000000233. The van der Waals surface area contributed by atoms with Gasteiger partial charge in [-0.25, -0.2) is 0 Å². The van der Waals surface area contributed by atoms with Crippen LogP contribution in [-0.2, 0) is 26.5 Å². The zero-order chi connectivity index (χ0) is 49.6. The zero-order valence-corrected chi connectivity index (χ0v) is 35.1. The first-order valence-electron chi connectivity index (χ1n) is 24.9. The number of rotatable bonds is 8. The number of benzene rings is 5. The second kappa shape index (κ2) is 18.0. The van der Waals surface area contributed by atoms with E-state index in [2.05, 4.69) is 22.1 Å². The van der Waals surface area contributed by atoms with Gasteiger partial charge in [0, 0.05) is 54.3 Å². The van der Waals surface area contributed by atoms with Gasteiger partial charge in [0.1, 0.15) is 5.58 Å². The minimum absolute atomic E-state index is 0. The van der Waals surface area contributed by atoms with Crippen molar-refractivity contribution in [1.29, 1.82) is 0 Å². The van der Waals surface area contributed by atoms with Crippen LogP contribution in [0.3, 0.4) is 0 Å². The van der Waals surface area contributed by atoms with Gasteiger partial charge in [0.15, 0.2) is 0 Å². The first kappa shape index (κ1) is 28.3. The molecule has 0 spiro atoms. The number of para-hydroxylation sites is 1. The van der Waals surface area contributed by atoms with Gasteiger partial charge in [0.25, 0.3) is 0 Å². The van der Waals surface area contributed by atoms with Crippen molar-refractivity contribution in [2.24, 2.45) is 5.41 Å². The van der Waals surface area contributed by atoms with E-state index in [0.717, 1.165) is 16.3 Å². The Morgan fingerprint density at radius 2 is 1.47 bits per heavy atom. The molecule has 8 aromatic rings. The molecule has 4 heteroatoms. The van der Waals surface area contributed by atoms with Gasteiger partial charge >= 0.3 is 0 Å². The van der Waals surface area contributed by atoms with Crippen molar-refractivity contribution >= 4 is 21.9 Å². The Morgan fingerprint density at radius 3 is 2.19 bits per heavy atom. The molecule has 8 rings (SSSR count). The maximum Gasteiger partial charge on any atom is 0.120 e. The SMILES string of the molecule is [2H]C([2H])([2H])c1c[c-]c(-c2ccc(C([2H])([2H])C(C)(C)C)cn2)cc1-c1ccccc1.[2H]C([2H])([2H])c1cnc(-c2[c-]ccc3c2oc2ccccc23)cc1-c1ccc(C([2H])(CC)CC)cc1C([2H])([2H])[2H].[Ir]. The molecular formula is C53H52IrN2O-2. The fraction of sp³-hybridized carbons (Fsp3) is 0.245. The summed E-state index contributed by atoms with van der Waals surface area (Å²) in [6.45, 7) is 2.05. The number of nitrogens with zero attached hydrogens (tertiary/aromatic N) is 2. The summed E-state index contributed by atoms with van der Waals surface area (Å²) in [5.74, 6) is -0.944. The molecule has 3 aromatic heterocycles. The van der Waals surface area contributed by atoms with Gasteiger partial charge in [-0.1, -0.05) is 143 Å². The third-order valence-electron chi connectivity index (χ3n) is 9.66. The number of aromatic nitrogens is 2. The maximum absolute atomic E-state index is 8.85. The van der Waals surface area contributed by atoms with Gasteiger partial charge < -0.3 is 14.4 Å². The summed E-state index contributed by atoms with van der Waals surface area (Å²) in [6.07, 6.45) is 2.34. The quantitative estimate of drug-likeness (QED) is 0.143. The summed E-state index contributed by atoms with van der Waals surface area (Å²) in [5, 5.41) is 1.81. The molecule has 0 aliphatic rings. The molecule has 0 saturated carbocycles. The predicted molar refractivity (Wildman–Crippen MR) is 236 cm³/mol. The van der Waals surface area contributed by atoms with Gasteiger partial charge in [-0.3, -0.25) is 0 Å². The molecule has 291 valence electrons. The Hall–Kier alpha value is -5.15. The number of hydrogen-bond donors (Lipinski definition) is 0. The van der Waals surface area contributed by atoms with Crippen molar-refractivity contribution in [2.45, 2.75) is 80.3 Å². The molecule has 0 N–H and O–H groups in total. The third-order valence-corrected chi connectivity index (χ3v) is 9.66. The number of hydrogen-bond acceptors (Lipinski definition) is 3. The molecule has 57 heavy (non-hydrogen) atoms. The Kier molecular flexibility index (Phi) is 8.92. The Morgan fingerprint density at radius 1 is 0.719 bits per heavy atom. The van der Waals surface area contributed by atoms with Crippen molar-refractivity contribution in [3.63, 3.8) is 0 Å². The molecule has 0 amide bonds. The van der Waals surface area contributed by atoms with Crippen LogP contribution in [0.5, 0.6) is 0 Å². The van der Waals surface area contributed by atoms with Crippen LogP contribution < -0.4 is 0 Å². The average molecular weight is 937 g/mol. The van der Waals surface area contributed by atoms with Crippen molar-refractivity contribution in [3.05, 3.63) is 168 Å². The number of pyridine rings is 2. The van der Waals surface area contributed by atoms with Crippen molar-refractivity contribution in [1.82, 2.24) is 9.97 Å². The molecule has 0 atom stereocenters. The summed E-state index contributed by atoms with van der Waals surface area (Å²) in [6, 6.07) is 40.2. The van der Waals surface area contributed by atoms with Crippen LogP contribution in [-0.4, -0.2) is 9.97 Å². The number of fused-ring (bicyclic) bond motifs is 3. The monoisotopic (exact) mass is 937 g/mol. The Bertz CT molecular complexity index is 3070. The number of aryl methyl sites for hydroxylation is 3. The minimum atomic E-state index is -2.54. The van der Waals surface area contributed by atoms with E-state index >= 15 is 0 Å². The second-order valence-corrected chi connectivity index (χ2v) is 14.7. The molecule has 0 saturated heterocycles. The van der Waals surface area contributed by atoms with Crippen LogP contribution in [0.15, 0.2) is 132 Å². The van der Waals surface area contributed by atoms with E-state index in [1.807, 2.05) is 95.3 Å². The molecule has 0 aliphatic heterocycles. The van der Waals surface area contributed by atoms with E-state index < -0.39 is 38.2 Å². The fourth-order valence-corrected chi connectivity index (χ4v) is 6.91. The summed E-state index contributed by atoms with van der Waals surface area (Å²) in [5.41, 5.74) is 6.22. The van der Waals surface area contributed by atoms with Crippen molar-refractivity contribution in [3.8, 4) is 44.8 Å². The van der Waals surface area contributed by atoms with E-state index in [-0.39, 0.29) is 47.9 Å². The van der Waals surface area contributed by atoms with E-state index in [1.54, 1.807) is 48.7 Å². The Labute approximate surface area is 369 Å². The topological polar surface area (TPSA) is 38.9 Å². The molecule has 3 nitrogen and oxygen atoms in total. The maximum atomic E-state index is 8.85. The van der Waals surface area contributed by atoms with Gasteiger partial charge in [-0.15, -0.1) is 47.5 Å². The predicted octanol–water partition coefficient (Wildman–Crippen LogP) is 14.7. The molecule has 0 bridgehead atoms. The van der Waals surface area contributed by atoms with E-state index in [0.29, 0.717) is 63.2 Å². The van der Waals surface area contributed by atoms with E-state index in [1.165, 1.54) is 18.3 Å².